The molecule has 1 aromatic heterocycles. The summed E-state index contributed by atoms with van der Waals surface area (Å²) in [5.41, 5.74) is 0. The Balaban J connectivity index is 2.01. The first-order valence-corrected chi connectivity index (χ1v) is 5.28. The van der Waals surface area contributed by atoms with E-state index < -0.39 is 0 Å². The summed E-state index contributed by atoms with van der Waals surface area (Å²) in [7, 11) is 0. The van der Waals surface area contributed by atoms with Crippen molar-refractivity contribution >= 4 is 0 Å². The zero-order chi connectivity index (χ0) is 9.97. The predicted molar refractivity (Wildman–Crippen MR) is 53.1 cm³/mol. The second-order valence-corrected chi connectivity index (χ2v) is 4.32. The van der Waals surface area contributed by atoms with Gasteiger partial charge in [-0.1, -0.05) is 13.8 Å². The number of hydrogen-bond donors (Lipinski definition) is 1. The van der Waals surface area contributed by atoms with Gasteiger partial charge in [0.25, 0.3) is 0 Å². The lowest BCUT2D eigenvalue weighted by Gasteiger charge is -2.00. The van der Waals surface area contributed by atoms with E-state index in [1.807, 2.05) is 0 Å². The van der Waals surface area contributed by atoms with Gasteiger partial charge < -0.3 is 9.73 Å². The van der Waals surface area contributed by atoms with Crippen molar-refractivity contribution in [3.8, 4) is 0 Å². The summed E-state index contributed by atoms with van der Waals surface area (Å²) >= 11 is 0. The maximum atomic E-state index is 5.62. The Kier molecular flexibility index (Phi) is 2.82. The van der Waals surface area contributed by atoms with E-state index in [0.717, 1.165) is 37.7 Å². The first-order valence-electron chi connectivity index (χ1n) is 5.28. The van der Waals surface area contributed by atoms with Crippen molar-refractivity contribution < 1.29 is 4.42 Å². The topological polar surface area (TPSA) is 51.0 Å². The second kappa shape index (κ2) is 4.09. The average molecular weight is 195 g/mol. The standard InChI is InChI=1S/C10H17N3O/c1-7(2)5-9-12-13-10(14-9)8-3-4-11-6-8/h7-8,11H,3-6H2,1-2H3/t8-/m1/s1. The zero-order valence-corrected chi connectivity index (χ0v) is 8.79. The molecule has 0 unspecified atom stereocenters. The Morgan fingerprint density at radius 3 is 3.00 bits per heavy atom. The molecule has 2 heterocycles. The molecule has 0 saturated carbocycles. The molecule has 1 aromatic rings. The van der Waals surface area contributed by atoms with Crippen LogP contribution in [0.4, 0.5) is 0 Å². The normalized spacial score (nSPS) is 22.1. The van der Waals surface area contributed by atoms with E-state index in [1.54, 1.807) is 0 Å². The smallest absolute Gasteiger partial charge is 0.220 e. The molecule has 1 atom stereocenters. The minimum atomic E-state index is 0.434. The van der Waals surface area contributed by atoms with Crippen LogP contribution in [0, 0.1) is 5.92 Å². The molecule has 1 aliphatic rings. The van der Waals surface area contributed by atoms with E-state index in [2.05, 4.69) is 29.4 Å². The van der Waals surface area contributed by atoms with Crippen LogP contribution in [0.25, 0.3) is 0 Å². The summed E-state index contributed by atoms with van der Waals surface area (Å²) in [4.78, 5) is 0. The van der Waals surface area contributed by atoms with Crippen molar-refractivity contribution in [2.75, 3.05) is 13.1 Å². The van der Waals surface area contributed by atoms with Crippen LogP contribution in [-0.4, -0.2) is 23.3 Å². The monoisotopic (exact) mass is 195 g/mol. The largest absolute Gasteiger partial charge is 0.425 e. The van der Waals surface area contributed by atoms with Gasteiger partial charge in [-0.15, -0.1) is 10.2 Å². The first kappa shape index (κ1) is 9.65. The Bertz CT molecular complexity index is 289. The lowest BCUT2D eigenvalue weighted by molar-refractivity contribution is 0.405. The van der Waals surface area contributed by atoms with Gasteiger partial charge in [0.15, 0.2) is 0 Å². The van der Waals surface area contributed by atoms with Gasteiger partial charge in [-0.2, -0.15) is 0 Å². The minimum Gasteiger partial charge on any atom is -0.425 e. The van der Waals surface area contributed by atoms with Gasteiger partial charge in [0.2, 0.25) is 11.8 Å². The maximum Gasteiger partial charge on any atom is 0.220 e. The van der Waals surface area contributed by atoms with Crippen molar-refractivity contribution in [3.63, 3.8) is 0 Å². The van der Waals surface area contributed by atoms with Gasteiger partial charge in [0.05, 0.1) is 5.92 Å². The van der Waals surface area contributed by atoms with Gasteiger partial charge in [-0.25, -0.2) is 0 Å². The molecule has 4 nitrogen and oxygen atoms in total. The molecule has 78 valence electrons. The average Bonchev–Trinajstić information content (AvgIpc) is 2.69. The highest BCUT2D eigenvalue weighted by Gasteiger charge is 2.22. The lowest BCUT2D eigenvalue weighted by Crippen LogP contribution is -2.08. The van der Waals surface area contributed by atoms with Crippen LogP contribution in [0.5, 0.6) is 0 Å². The molecule has 14 heavy (non-hydrogen) atoms. The van der Waals surface area contributed by atoms with Crippen molar-refractivity contribution in [3.05, 3.63) is 11.8 Å². The highest BCUT2D eigenvalue weighted by atomic mass is 16.4. The SMILES string of the molecule is CC(C)Cc1nnc([C@@H]2CCNC2)o1. The fourth-order valence-corrected chi connectivity index (χ4v) is 1.73. The predicted octanol–water partition coefficient (Wildman–Crippen LogP) is 1.34. The van der Waals surface area contributed by atoms with Gasteiger partial charge in [-0.3, -0.25) is 0 Å². The number of rotatable bonds is 3. The molecule has 0 radical (unpaired) electrons. The molecule has 0 bridgehead atoms. The second-order valence-electron chi connectivity index (χ2n) is 4.32. The Morgan fingerprint density at radius 1 is 1.50 bits per heavy atom. The van der Waals surface area contributed by atoms with Crippen LogP contribution in [0.1, 0.15) is 38.0 Å². The molecule has 1 aliphatic heterocycles. The summed E-state index contributed by atoms with van der Waals surface area (Å²) in [5, 5.41) is 11.4. The van der Waals surface area contributed by atoms with Crippen molar-refractivity contribution in [2.45, 2.75) is 32.6 Å². The Morgan fingerprint density at radius 2 is 2.36 bits per heavy atom. The third-order valence-corrected chi connectivity index (χ3v) is 2.47. The molecular weight excluding hydrogens is 178 g/mol. The van der Waals surface area contributed by atoms with Crippen LogP contribution < -0.4 is 5.32 Å². The molecular formula is C10H17N3O. The van der Waals surface area contributed by atoms with E-state index >= 15 is 0 Å². The van der Waals surface area contributed by atoms with Crippen molar-refractivity contribution in [1.29, 1.82) is 0 Å². The van der Waals surface area contributed by atoms with Gasteiger partial charge in [0.1, 0.15) is 0 Å². The Labute approximate surface area is 84.1 Å². The van der Waals surface area contributed by atoms with Crippen LogP contribution in [0.2, 0.25) is 0 Å². The molecule has 1 N–H and O–H groups in total. The van der Waals surface area contributed by atoms with Gasteiger partial charge in [0, 0.05) is 13.0 Å². The van der Waals surface area contributed by atoms with E-state index in [0.29, 0.717) is 11.8 Å². The summed E-state index contributed by atoms with van der Waals surface area (Å²) < 4.78 is 5.62. The van der Waals surface area contributed by atoms with Gasteiger partial charge >= 0.3 is 0 Å². The molecule has 0 aliphatic carbocycles. The number of aromatic nitrogens is 2. The molecule has 4 heteroatoms. The summed E-state index contributed by atoms with van der Waals surface area (Å²) in [6.45, 7) is 6.35. The summed E-state index contributed by atoms with van der Waals surface area (Å²) in [6, 6.07) is 0. The summed E-state index contributed by atoms with van der Waals surface area (Å²) in [5.74, 6) is 2.60. The third-order valence-electron chi connectivity index (χ3n) is 2.47. The summed E-state index contributed by atoms with van der Waals surface area (Å²) in [6.07, 6.45) is 2.00. The Hall–Kier alpha value is -0.900. The van der Waals surface area contributed by atoms with Gasteiger partial charge in [-0.05, 0) is 18.9 Å². The van der Waals surface area contributed by atoms with Crippen molar-refractivity contribution in [1.82, 2.24) is 15.5 Å². The van der Waals surface area contributed by atoms with E-state index in [9.17, 15) is 0 Å². The lowest BCUT2D eigenvalue weighted by atomic mass is 10.1. The third kappa shape index (κ3) is 2.12. The van der Waals surface area contributed by atoms with E-state index in [4.69, 9.17) is 4.42 Å². The maximum absolute atomic E-state index is 5.62. The van der Waals surface area contributed by atoms with Crippen LogP contribution in [-0.2, 0) is 6.42 Å². The van der Waals surface area contributed by atoms with E-state index in [-0.39, 0.29) is 0 Å². The quantitative estimate of drug-likeness (QED) is 0.791. The van der Waals surface area contributed by atoms with E-state index in [1.165, 1.54) is 0 Å². The molecule has 0 spiro atoms. The molecule has 1 fully saturated rings. The molecule has 0 amide bonds. The molecule has 0 aromatic carbocycles. The van der Waals surface area contributed by atoms with Crippen LogP contribution in [0.3, 0.4) is 0 Å². The van der Waals surface area contributed by atoms with Crippen LogP contribution >= 0.6 is 0 Å². The highest BCUT2D eigenvalue weighted by molar-refractivity contribution is 4.96. The fraction of sp³-hybridized carbons (Fsp3) is 0.800. The van der Waals surface area contributed by atoms with Crippen molar-refractivity contribution in [2.24, 2.45) is 5.92 Å². The molecule has 1 saturated heterocycles. The molecule has 2 rings (SSSR count). The first-order chi connectivity index (χ1) is 6.75. The number of hydrogen-bond acceptors (Lipinski definition) is 4. The minimum absolute atomic E-state index is 0.434. The highest BCUT2D eigenvalue weighted by Crippen LogP contribution is 2.21. The number of nitrogens with one attached hydrogen (secondary N) is 1. The fourth-order valence-electron chi connectivity index (χ4n) is 1.73. The number of nitrogens with zero attached hydrogens (tertiary/aromatic N) is 2. The van der Waals surface area contributed by atoms with Crippen LogP contribution in [0.15, 0.2) is 4.42 Å². The zero-order valence-electron chi connectivity index (χ0n) is 8.79.